The third kappa shape index (κ3) is 4.21. The highest BCUT2D eigenvalue weighted by Gasteiger charge is 2.38. The molecular weight excluding hydrogens is 272 g/mol. The molecule has 0 aromatic heterocycles. The SMILES string of the molecule is CC(C)(C)[Si](C)(C)Oc1ccc(Cc2ccccc2)cc1. The fourth-order valence-corrected chi connectivity index (χ4v) is 2.99. The molecule has 0 fully saturated rings. The molecule has 0 saturated carbocycles. The quantitative estimate of drug-likeness (QED) is 0.662. The van der Waals surface area contributed by atoms with Crippen LogP contribution >= 0.6 is 0 Å². The van der Waals surface area contributed by atoms with Crippen molar-refractivity contribution in [1.29, 1.82) is 0 Å². The summed E-state index contributed by atoms with van der Waals surface area (Å²) in [7, 11) is -1.74. The molecule has 112 valence electrons. The van der Waals surface area contributed by atoms with Crippen LogP contribution in [0.2, 0.25) is 18.1 Å². The molecule has 0 aliphatic heterocycles. The van der Waals surface area contributed by atoms with Crippen molar-refractivity contribution >= 4 is 8.32 Å². The van der Waals surface area contributed by atoms with Crippen molar-refractivity contribution in [2.45, 2.75) is 45.3 Å². The van der Waals surface area contributed by atoms with Crippen molar-refractivity contribution in [2.24, 2.45) is 0 Å². The average molecular weight is 299 g/mol. The van der Waals surface area contributed by atoms with Crippen molar-refractivity contribution in [2.75, 3.05) is 0 Å². The standard InChI is InChI=1S/C19H26OSi/c1-19(2,3)21(4,5)20-18-13-11-17(12-14-18)15-16-9-7-6-8-10-16/h6-14H,15H2,1-5H3. The molecule has 0 aliphatic carbocycles. The number of rotatable bonds is 4. The minimum atomic E-state index is -1.74. The summed E-state index contributed by atoms with van der Waals surface area (Å²) in [5.74, 6) is 0.999. The van der Waals surface area contributed by atoms with Gasteiger partial charge in [0.1, 0.15) is 5.75 Å². The smallest absolute Gasteiger partial charge is 0.250 e. The zero-order valence-corrected chi connectivity index (χ0v) is 14.8. The number of hydrogen-bond acceptors (Lipinski definition) is 1. The fourth-order valence-electron chi connectivity index (χ4n) is 1.95. The van der Waals surface area contributed by atoms with Crippen LogP contribution in [-0.4, -0.2) is 8.32 Å². The summed E-state index contributed by atoms with van der Waals surface area (Å²) in [6.07, 6.45) is 0.973. The van der Waals surface area contributed by atoms with E-state index < -0.39 is 8.32 Å². The number of hydrogen-bond donors (Lipinski definition) is 0. The molecule has 0 bridgehead atoms. The molecule has 21 heavy (non-hydrogen) atoms. The molecule has 0 saturated heterocycles. The molecule has 0 radical (unpaired) electrons. The van der Waals surface area contributed by atoms with Crippen molar-refractivity contribution in [3.8, 4) is 5.75 Å². The van der Waals surface area contributed by atoms with Gasteiger partial charge in [-0.2, -0.15) is 0 Å². The van der Waals surface area contributed by atoms with Crippen LogP contribution in [0.1, 0.15) is 31.9 Å². The van der Waals surface area contributed by atoms with E-state index in [9.17, 15) is 0 Å². The van der Waals surface area contributed by atoms with Crippen LogP contribution in [0.15, 0.2) is 54.6 Å². The molecule has 0 atom stereocenters. The third-order valence-electron chi connectivity index (χ3n) is 4.35. The van der Waals surface area contributed by atoms with Gasteiger partial charge in [-0.3, -0.25) is 0 Å². The maximum atomic E-state index is 6.31. The molecular formula is C19H26OSi. The summed E-state index contributed by atoms with van der Waals surface area (Å²) in [6, 6.07) is 19.1. The van der Waals surface area contributed by atoms with Crippen LogP contribution in [0.4, 0.5) is 0 Å². The summed E-state index contributed by atoms with van der Waals surface area (Å²) in [5.41, 5.74) is 2.67. The van der Waals surface area contributed by atoms with Crippen molar-refractivity contribution in [3.05, 3.63) is 65.7 Å². The van der Waals surface area contributed by atoms with Gasteiger partial charge in [0.05, 0.1) is 0 Å². The molecule has 0 heterocycles. The van der Waals surface area contributed by atoms with Crippen LogP contribution in [0.25, 0.3) is 0 Å². The zero-order valence-electron chi connectivity index (χ0n) is 13.8. The van der Waals surface area contributed by atoms with Gasteiger partial charge >= 0.3 is 0 Å². The molecule has 2 aromatic carbocycles. The van der Waals surface area contributed by atoms with Gasteiger partial charge in [-0.1, -0.05) is 63.2 Å². The second-order valence-corrected chi connectivity index (χ2v) is 11.9. The molecule has 0 aliphatic rings. The summed E-state index contributed by atoms with van der Waals surface area (Å²) >= 11 is 0. The van der Waals surface area contributed by atoms with E-state index in [4.69, 9.17) is 4.43 Å². The highest BCUT2D eigenvalue weighted by atomic mass is 28.4. The van der Waals surface area contributed by atoms with Gasteiger partial charge in [0, 0.05) is 0 Å². The summed E-state index contributed by atoms with van der Waals surface area (Å²) in [4.78, 5) is 0. The van der Waals surface area contributed by atoms with E-state index in [0.29, 0.717) is 0 Å². The van der Waals surface area contributed by atoms with E-state index in [-0.39, 0.29) is 5.04 Å². The van der Waals surface area contributed by atoms with E-state index >= 15 is 0 Å². The van der Waals surface area contributed by atoms with Gasteiger partial charge in [0.25, 0.3) is 0 Å². The second-order valence-electron chi connectivity index (χ2n) is 7.17. The van der Waals surface area contributed by atoms with Gasteiger partial charge in [0.2, 0.25) is 8.32 Å². The summed E-state index contributed by atoms with van der Waals surface area (Å²) < 4.78 is 6.31. The van der Waals surface area contributed by atoms with Gasteiger partial charge < -0.3 is 4.43 Å². The molecule has 2 heteroatoms. The lowest BCUT2D eigenvalue weighted by Gasteiger charge is -2.36. The largest absolute Gasteiger partial charge is 0.544 e. The fraction of sp³-hybridized carbons (Fsp3) is 0.368. The van der Waals surface area contributed by atoms with Crippen LogP contribution in [0.3, 0.4) is 0 Å². The van der Waals surface area contributed by atoms with Crippen LogP contribution in [0, 0.1) is 0 Å². The van der Waals surface area contributed by atoms with E-state index in [1.54, 1.807) is 0 Å². The molecule has 0 unspecified atom stereocenters. The lowest BCUT2D eigenvalue weighted by molar-refractivity contribution is 0.492. The molecule has 2 rings (SSSR count). The van der Waals surface area contributed by atoms with E-state index in [0.717, 1.165) is 12.2 Å². The Bertz CT molecular complexity index is 565. The third-order valence-corrected chi connectivity index (χ3v) is 8.71. The predicted octanol–water partition coefficient (Wildman–Crippen LogP) is 5.66. The van der Waals surface area contributed by atoms with E-state index in [1.165, 1.54) is 11.1 Å². The Morgan fingerprint density at radius 2 is 1.33 bits per heavy atom. The first-order valence-corrected chi connectivity index (χ1v) is 10.5. The first-order chi connectivity index (χ1) is 9.78. The highest BCUT2D eigenvalue weighted by molar-refractivity contribution is 6.74. The van der Waals surface area contributed by atoms with Gasteiger partial charge in [-0.05, 0) is 47.8 Å². The van der Waals surface area contributed by atoms with Crippen LogP contribution < -0.4 is 4.43 Å². The van der Waals surface area contributed by atoms with Crippen molar-refractivity contribution in [3.63, 3.8) is 0 Å². The maximum absolute atomic E-state index is 6.31. The topological polar surface area (TPSA) is 9.23 Å². The Kier molecular flexibility index (Phi) is 4.57. The first-order valence-electron chi connectivity index (χ1n) is 7.60. The zero-order chi connectivity index (χ0) is 15.5. The maximum Gasteiger partial charge on any atom is 0.250 e. The molecule has 0 spiro atoms. The van der Waals surface area contributed by atoms with Crippen LogP contribution in [-0.2, 0) is 6.42 Å². The summed E-state index contributed by atoms with van der Waals surface area (Å²) in [5, 5.41) is 0.232. The van der Waals surface area contributed by atoms with Crippen molar-refractivity contribution < 1.29 is 4.43 Å². The lowest BCUT2D eigenvalue weighted by Crippen LogP contribution is -2.43. The van der Waals surface area contributed by atoms with E-state index in [1.807, 2.05) is 0 Å². The minimum Gasteiger partial charge on any atom is -0.544 e. The normalized spacial score (nSPS) is 12.2. The summed E-state index contributed by atoms with van der Waals surface area (Å²) in [6.45, 7) is 11.4. The van der Waals surface area contributed by atoms with Crippen LogP contribution in [0.5, 0.6) is 5.75 Å². The molecule has 1 nitrogen and oxygen atoms in total. The Labute approximate surface area is 130 Å². The van der Waals surface area contributed by atoms with E-state index in [2.05, 4.69) is 88.5 Å². The number of benzene rings is 2. The molecule has 0 amide bonds. The lowest BCUT2D eigenvalue weighted by atomic mass is 10.1. The highest BCUT2D eigenvalue weighted by Crippen LogP contribution is 2.37. The van der Waals surface area contributed by atoms with Crippen molar-refractivity contribution in [1.82, 2.24) is 0 Å². The predicted molar refractivity (Wildman–Crippen MR) is 93.5 cm³/mol. The molecule has 0 N–H and O–H groups in total. The first kappa shape index (κ1) is 15.8. The average Bonchev–Trinajstić information content (AvgIpc) is 2.41. The monoisotopic (exact) mass is 298 g/mol. The Morgan fingerprint density at radius 3 is 1.86 bits per heavy atom. The Balaban J connectivity index is 2.06. The second kappa shape index (κ2) is 6.06. The van der Waals surface area contributed by atoms with Gasteiger partial charge in [0.15, 0.2) is 0 Å². The van der Waals surface area contributed by atoms with Gasteiger partial charge in [-0.15, -0.1) is 0 Å². The van der Waals surface area contributed by atoms with Gasteiger partial charge in [-0.25, -0.2) is 0 Å². The minimum absolute atomic E-state index is 0.232. The Morgan fingerprint density at radius 1 is 0.810 bits per heavy atom. The molecule has 2 aromatic rings. The Hall–Kier alpha value is -1.54.